The summed E-state index contributed by atoms with van der Waals surface area (Å²) in [5.41, 5.74) is 0. The minimum Gasteiger partial charge on any atom is -0.395 e. The second kappa shape index (κ2) is 5.37. The molecule has 17 heavy (non-hydrogen) atoms. The van der Waals surface area contributed by atoms with E-state index < -0.39 is 6.16 Å². The van der Waals surface area contributed by atoms with Crippen LogP contribution in [0, 0.1) is 0 Å². The Bertz CT molecular complexity index is 511. The van der Waals surface area contributed by atoms with Gasteiger partial charge in [0.05, 0.1) is 5.02 Å². The normalized spacial score (nSPS) is 9.71. The summed E-state index contributed by atoms with van der Waals surface area (Å²) in [4.78, 5) is 11.4. The lowest BCUT2D eigenvalue weighted by Gasteiger charge is -2.06. The van der Waals surface area contributed by atoms with Crippen LogP contribution in [0.25, 0.3) is 0 Å². The van der Waals surface area contributed by atoms with Crippen molar-refractivity contribution in [3.05, 3.63) is 59.6 Å². The maximum absolute atomic E-state index is 11.4. The third kappa shape index (κ3) is 3.23. The number of hydrogen-bond acceptors (Lipinski definition) is 3. The van der Waals surface area contributed by atoms with E-state index in [0.717, 1.165) is 0 Å². The largest absolute Gasteiger partial charge is 0.519 e. The number of carbonyl (C=O) groups excluding carboxylic acids is 1. The minimum absolute atomic E-state index is 0.273. The van der Waals surface area contributed by atoms with Gasteiger partial charge in [0, 0.05) is 0 Å². The fourth-order valence-electron chi connectivity index (χ4n) is 1.22. The second-order valence-corrected chi connectivity index (χ2v) is 3.60. The summed E-state index contributed by atoms with van der Waals surface area (Å²) in [7, 11) is 0. The van der Waals surface area contributed by atoms with Crippen LogP contribution in [-0.4, -0.2) is 6.16 Å². The van der Waals surface area contributed by atoms with Crippen LogP contribution in [0.5, 0.6) is 11.5 Å². The number of para-hydroxylation sites is 2. The van der Waals surface area contributed by atoms with Gasteiger partial charge in [-0.3, -0.25) is 0 Å². The molecule has 0 fully saturated rings. The zero-order chi connectivity index (χ0) is 12.1. The van der Waals surface area contributed by atoms with Gasteiger partial charge in [-0.05, 0) is 24.3 Å². The standard InChI is InChI=1S/C13H9ClO3/c14-11-8-4-5-9-12(11)17-13(15)16-10-6-2-1-3-7-10/h1-9H. The number of carbonyl (C=O) groups is 1. The zero-order valence-electron chi connectivity index (χ0n) is 8.80. The molecule has 0 aromatic heterocycles. The van der Waals surface area contributed by atoms with Gasteiger partial charge >= 0.3 is 6.16 Å². The Labute approximate surface area is 104 Å². The Hall–Kier alpha value is -2.00. The smallest absolute Gasteiger partial charge is 0.395 e. The quantitative estimate of drug-likeness (QED) is 0.597. The Morgan fingerprint density at radius 3 is 2.24 bits per heavy atom. The van der Waals surface area contributed by atoms with Crippen molar-refractivity contribution in [2.75, 3.05) is 0 Å². The molecule has 0 heterocycles. The SMILES string of the molecule is O=C(Oc1ccccc1)Oc1ccccc1Cl. The Morgan fingerprint density at radius 2 is 1.53 bits per heavy atom. The topological polar surface area (TPSA) is 35.5 Å². The highest BCUT2D eigenvalue weighted by Crippen LogP contribution is 2.23. The molecule has 2 aromatic rings. The monoisotopic (exact) mass is 248 g/mol. The molecule has 0 atom stereocenters. The van der Waals surface area contributed by atoms with Gasteiger partial charge in [-0.2, -0.15) is 0 Å². The Kier molecular flexibility index (Phi) is 3.62. The van der Waals surface area contributed by atoms with Gasteiger partial charge < -0.3 is 9.47 Å². The molecule has 0 unspecified atom stereocenters. The van der Waals surface area contributed by atoms with Gasteiger partial charge in [0.15, 0.2) is 5.75 Å². The van der Waals surface area contributed by atoms with Gasteiger partial charge in [0.2, 0.25) is 0 Å². The Balaban J connectivity index is 2.01. The van der Waals surface area contributed by atoms with Crippen LogP contribution in [0.2, 0.25) is 5.02 Å². The first kappa shape index (κ1) is 11.5. The second-order valence-electron chi connectivity index (χ2n) is 3.20. The first-order valence-corrected chi connectivity index (χ1v) is 5.33. The van der Waals surface area contributed by atoms with Gasteiger partial charge in [-0.25, -0.2) is 4.79 Å². The van der Waals surface area contributed by atoms with Crippen molar-refractivity contribution in [2.24, 2.45) is 0 Å². The maximum atomic E-state index is 11.4. The van der Waals surface area contributed by atoms with Crippen molar-refractivity contribution in [1.82, 2.24) is 0 Å². The van der Waals surface area contributed by atoms with Gasteiger partial charge in [0.1, 0.15) is 5.75 Å². The molecule has 0 amide bonds. The van der Waals surface area contributed by atoms with Crippen LogP contribution in [0.4, 0.5) is 4.79 Å². The molecule has 0 aliphatic carbocycles. The van der Waals surface area contributed by atoms with Gasteiger partial charge in [-0.1, -0.05) is 41.9 Å². The fourth-order valence-corrected chi connectivity index (χ4v) is 1.40. The molecule has 3 nitrogen and oxygen atoms in total. The van der Waals surface area contributed by atoms with Crippen molar-refractivity contribution in [3.63, 3.8) is 0 Å². The summed E-state index contributed by atoms with van der Waals surface area (Å²) in [5.74, 6) is 0.694. The third-order valence-electron chi connectivity index (χ3n) is 1.97. The molecule has 0 aliphatic rings. The molecule has 0 bridgehead atoms. The van der Waals surface area contributed by atoms with Crippen molar-refractivity contribution in [2.45, 2.75) is 0 Å². The van der Waals surface area contributed by atoms with E-state index in [-0.39, 0.29) is 5.75 Å². The molecule has 0 N–H and O–H groups in total. The number of benzene rings is 2. The highest BCUT2D eigenvalue weighted by molar-refractivity contribution is 6.32. The molecule has 0 saturated heterocycles. The average molecular weight is 249 g/mol. The summed E-state index contributed by atoms with van der Waals surface area (Å²) < 4.78 is 9.91. The molecule has 0 radical (unpaired) electrons. The molecule has 2 aromatic carbocycles. The lowest BCUT2D eigenvalue weighted by atomic mass is 10.3. The van der Waals surface area contributed by atoms with Crippen LogP contribution >= 0.6 is 11.6 Å². The van der Waals surface area contributed by atoms with E-state index in [4.69, 9.17) is 21.1 Å². The van der Waals surface area contributed by atoms with Crippen LogP contribution in [0.1, 0.15) is 0 Å². The van der Waals surface area contributed by atoms with E-state index >= 15 is 0 Å². The lowest BCUT2D eigenvalue weighted by Crippen LogP contribution is -2.13. The fraction of sp³-hybridized carbons (Fsp3) is 0. The Morgan fingerprint density at radius 1 is 0.882 bits per heavy atom. The van der Waals surface area contributed by atoms with Crippen LogP contribution in [0.15, 0.2) is 54.6 Å². The van der Waals surface area contributed by atoms with Crippen LogP contribution < -0.4 is 9.47 Å². The molecule has 0 spiro atoms. The summed E-state index contributed by atoms with van der Waals surface area (Å²) >= 11 is 5.84. The van der Waals surface area contributed by atoms with E-state index in [9.17, 15) is 4.79 Å². The van der Waals surface area contributed by atoms with E-state index in [2.05, 4.69) is 0 Å². The summed E-state index contributed by atoms with van der Waals surface area (Å²) in [6.07, 6.45) is -0.815. The van der Waals surface area contributed by atoms with E-state index in [1.807, 2.05) is 6.07 Å². The molecular formula is C13H9ClO3. The average Bonchev–Trinajstić information content (AvgIpc) is 2.33. The van der Waals surface area contributed by atoms with Gasteiger partial charge in [0.25, 0.3) is 0 Å². The summed E-state index contributed by atoms with van der Waals surface area (Å²) in [5, 5.41) is 0.359. The zero-order valence-corrected chi connectivity index (χ0v) is 9.55. The van der Waals surface area contributed by atoms with Gasteiger partial charge in [-0.15, -0.1) is 0 Å². The minimum atomic E-state index is -0.815. The first-order chi connectivity index (χ1) is 8.25. The number of halogens is 1. The lowest BCUT2D eigenvalue weighted by molar-refractivity contribution is 0.152. The van der Waals surface area contributed by atoms with Crippen LogP contribution in [-0.2, 0) is 0 Å². The molecule has 4 heteroatoms. The molecule has 0 saturated carbocycles. The highest BCUT2D eigenvalue weighted by atomic mass is 35.5. The van der Waals surface area contributed by atoms with Crippen LogP contribution in [0.3, 0.4) is 0 Å². The molecular weight excluding hydrogens is 240 g/mol. The van der Waals surface area contributed by atoms with E-state index in [0.29, 0.717) is 10.8 Å². The molecule has 2 rings (SSSR count). The number of rotatable bonds is 2. The predicted molar refractivity (Wildman–Crippen MR) is 64.5 cm³/mol. The van der Waals surface area contributed by atoms with Crippen molar-refractivity contribution in [3.8, 4) is 11.5 Å². The van der Waals surface area contributed by atoms with E-state index in [1.165, 1.54) is 0 Å². The van der Waals surface area contributed by atoms with Crippen molar-refractivity contribution >= 4 is 17.8 Å². The summed E-state index contributed by atoms with van der Waals surface area (Å²) in [6, 6.07) is 15.4. The summed E-state index contributed by atoms with van der Waals surface area (Å²) in [6.45, 7) is 0. The number of hydrogen-bond donors (Lipinski definition) is 0. The molecule has 0 aliphatic heterocycles. The first-order valence-electron chi connectivity index (χ1n) is 4.95. The number of ether oxygens (including phenoxy) is 2. The van der Waals surface area contributed by atoms with E-state index in [1.54, 1.807) is 48.5 Å². The highest BCUT2D eigenvalue weighted by Gasteiger charge is 2.09. The van der Waals surface area contributed by atoms with Crippen molar-refractivity contribution < 1.29 is 14.3 Å². The predicted octanol–water partition coefficient (Wildman–Crippen LogP) is 3.92. The maximum Gasteiger partial charge on any atom is 0.519 e. The third-order valence-corrected chi connectivity index (χ3v) is 2.29. The van der Waals surface area contributed by atoms with Crippen molar-refractivity contribution in [1.29, 1.82) is 0 Å². The molecule has 86 valence electrons.